The summed E-state index contributed by atoms with van der Waals surface area (Å²) >= 11 is -2.17. The Hall–Kier alpha value is -2.13. The molecule has 3 aromatic rings. The zero-order valence-electron chi connectivity index (χ0n) is 17.0. The van der Waals surface area contributed by atoms with E-state index in [-0.39, 0.29) is 5.78 Å². The van der Waals surface area contributed by atoms with Gasteiger partial charge in [0.15, 0.2) is 0 Å². The van der Waals surface area contributed by atoms with Crippen molar-refractivity contribution in [2.24, 2.45) is 0 Å². The third-order valence-electron chi connectivity index (χ3n) is 4.75. The molecule has 28 heavy (non-hydrogen) atoms. The normalized spacial score (nSPS) is 12.4. The predicted octanol–water partition coefficient (Wildman–Crippen LogP) is 7.21. The Balaban J connectivity index is 2.14. The van der Waals surface area contributed by atoms with Crippen molar-refractivity contribution in [2.75, 3.05) is 0 Å². The number of ketones is 1. The number of hydrogen-bond acceptors (Lipinski definition) is 1. The fourth-order valence-electron chi connectivity index (χ4n) is 3.46. The summed E-state index contributed by atoms with van der Waals surface area (Å²) < 4.78 is 1.12. The number of allylic oxidation sites excluding steroid dienone is 2. The standard InChI is InChI=1S/C23H19O.3CH3.Sn/c1-18(19-11-5-2-6-12-19)22(20-13-7-3-8-14-20)17-23(24)21-15-9-4-10-16-21;;;;/h2-16H,1,17H2;3*1H3;/b22-18+;;;;. The molecule has 0 unspecified atom stereocenters. The molecule has 1 nitrogen and oxygen atoms in total. The minimum atomic E-state index is -2.17. The molecule has 0 aliphatic rings. The fraction of sp³-hybridized carbons (Fsp3) is 0.192. The molecular weight excluding hydrogens is 447 g/mol. The summed E-state index contributed by atoms with van der Waals surface area (Å²) in [6.45, 7) is 0. The van der Waals surface area contributed by atoms with Crippen LogP contribution in [0.3, 0.4) is 0 Å². The van der Waals surface area contributed by atoms with Gasteiger partial charge in [0, 0.05) is 0 Å². The zero-order valence-corrected chi connectivity index (χ0v) is 19.8. The van der Waals surface area contributed by atoms with Crippen LogP contribution in [0.25, 0.3) is 11.1 Å². The first kappa shape index (κ1) is 20.6. The van der Waals surface area contributed by atoms with E-state index in [0.717, 1.165) is 15.6 Å². The topological polar surface area (TPSA) is 17.1 Å². The summed E-state index contributed by atoms with van der Waals surface area (Å²) in [6, 6.07) is 30.7. The van der Waals surface area contributed by atoms with Crippen molar-refractivity contribution >= 4 is 35.3 Å². The number of hydrogen-bond donors (Lipinski definition) is 0. The van der Waals surface area contributed by atoms with E-state index >= 15 is 0 Å². The van der Waals surface area contributed by atoms with Crippen LogP contribution >= 0.6 is 0 Å². The Bertz CT molecular complexity index is 936. The molecule has 0 fully saturated rings. The first-order valence-corrected chi connectivity index (χ1v) is 20.4. The van der Waals surface area contributed by atoms with Crippen LogP contribution in [-0.2, 0) is 0 Å². The van der Waals surface area contributed by atoms with Crippen molar-refractivity contribution in [3.05, 3.63) is 108 Å². The molecular formula is C26H28OSn. The average molecular weight is 475 g/mol. The van der Waals surface area contributed by atoms with Crippen molar-refractivity contribution in [1.82, 2.24) is 0 Å². The van der Waals surface area contributed by atoms with E-state index in [2.05, 4.69) is 69.4 Å². The van der Waals surface area contributed by atoms with Crippen LogP contribution in [0.15, 0.2) is 91.0 Å². The van der Waals surface area contributed by atoms with Crippen LogP contribution < -0.4 is 0 Å². The van der Waals surface area contributed by atoms with Crippen LogP contribution in [0, 0.1) is 0 Å². The Kier molecular flexibility index (Phi) is 6.90. The van der Waals surface area contributed by atoms with Gasteiger partial charge in [0.05, 0.1) is 0 Å². The molecule has 0 aromatic heterocycles. The van der Waals surface area contributed by atoms with Gasteiger partial charge in [0.2, 0.25) is 0 Å². The summed E-state index contributed by atoms with van der Waals surface area (Å²) in [7, 11) is 0. The van der Waals surface area contributed by atoms with Crippen LogP contribution in [0.5, 0.6) is 0 Å². The zero-order chi connectivity index (χ0) is 20.0. The molecule has 0 saturated heterocycles. The number of carbonyl (C=O) groups is 1. The van der Waals surface area contributed by atoms with E-state index in [1.807, 2.05) is 36.4 Å². The number of rotatable bonds is 7. The Morgan fingerprint density at radius 2 is 1.00 bits per heavy atom. The molecule has 0 amide bonds. The summed E-state index contributed by atoms with van der Waals surface area (Å²) in [5.41, 5.74) is 5.70. The first-order valence-electron chi connectivity index (χ1n) is 9.85. The van der Waals surface area contributed by atoms with Crippen LogP contribution in [0.2, 0.25) is 19.3 Å². The van der Waals surface area contributed by atoms with Crippen LogP contribution in [0.1, 0.15) is 27.9 Å². The van der Waals surface area contributed by atoms with Gasteiger partial charge in [0.1, 0.15) is 0 Å². The second kappa shape index (κ2) is 9.38. The fourth-order valence-corrected chi connectivity index (χ4v) is 7.68. The van der Waals surface area contributed by atoms with Crippen molar-refractivity contribution in [3.63, 3.8) is 0 Å². The average Bonchev–Trinajstić information content (AvgIpc) is 2.71. The monoisotopic (exact) mass is 476 g/mol. The van der Waals surface area contributed by atoms with Crippen molar-refractivity contribution in [2.45, 2.75) is 25.7 Å². The van der Waals surface area contributed by atoms with Gasteiger partial charge in [0.25, 0.3) is 0 Å². The molecule has 0 spiro atoms. The van der Waals surface area contributed by atoms with Gasteiger partial charge in [-0.05, 0) is 0 Å². The first-order chi connectivity index (χ1) is 13.4. The molecule has 0 saturated carbocycles. The van der Waals surface area contributed by atoms with Crippen molar-refractivity contribution < 1.29 is 4.79 Å². The maximum absolute atomic E-state index is 13.1. The third-order valence-corrected chi connectivity index (χ3v) is 8.79. The molecule has 2 heteroatoms. The van der Waals surface area contributed by atoms with E-state index in [9.17, 15) is 4.79 Å². The SMILES string of the molecule is [CH3][Sn]([CH3])([CH3])[CH2]/C(=C(/CC(=O)c1ccccc1)c1ccccc1)c1ccccc1. The van der Waals surface area contributed by atoms with Gasteiger partial charge in [-0.2, -0.15) is 0 Å². The van der Waals surface area contributed by atoms with Gasteiger partial charge in [-0.15, -0.1) is 0 Å². The number of carbonyl (C=O) groups excluding carboxylic acids is 1. The summed E-state index contributed by atoms with van der Waals surface area (Å²) in [6.07, 6.45) is 0.431. The molecule has 142 valence electrons. The van der Waals surface area contributed by atoms with Gasteiger partial charge < -0.3 is 0 Å². The number of benzene rings is 3. The molecule has 0 aliphatic carbocycles. The summed E-state index contributed by atoms with van der Waals surface area (Å²) in [5, 5.41) is 0. The third kappa shape index (κ3) is 5.68. The molecule has 0 N–H and O–H groups in total. The van der Waals surface area contributed by atoms with E-state index in [1.165, 1.54) is 16.7 Å². The molecule has 0 radical (unpaired) electrons. The second-order valence-electron chi connectivity index (χ2n) is 8.39. The van der Waals surface area contributed by atoms with Crippen LogP contribution in [0.4, 0.5) is 0 Å². The molecule has 0 bridgehead atoms. The minimum absolute atomic E-state index is 0.178. The van der Waals surface area contributed by atoms with Crippen molar-refractivity contribution in [1.29, 1.82) is 0 Å². The van der Waals surface area contributed by atoms with E-state index in [0.29, 0.717) is 6.42 Å². The van der Waals surface area contributed by atoms with Gasteiger partial charge in [-0.1, -0.05) is 0 Å². The Labute approximate surface area is 173 Å². The molecule has 3 rings (SSSR count). The molecule has 0 heterocycles. The number of Topliss-reactive ketones (excluding diaryl/α,β-unsaturated/α-hetero) is 1. The van der Waals surface area contributed by atoms with Gasteiger partial charge in [-0.25, -0.2) is 0 Å². The maximum atomic E-state index is 13.1. The van der Waals surface area contributed by atoms with E-state index in [4.69, 9.17) is 0 Å². The van der Waals surface area contributed by atoms with E-state index in [1.54, 1.807) is 0 Å². The van der Waals surface area contributed by atoms with Crippen molar-refractivity contribution in [3.8, 4) is 0 Å². The van der Waals surface area contributed by atoms with Gasteiger partial charge >= 0.3 is 173 Å². The molecule has 0 aliphatic heterocycles. The van der Waals surface area contributed by atoms with Gasteiger partial charge in [-0.3, -0.25) is 0 Å². The van der Waals surface area contributed by atoms with Crippen LogP contribution in [-0.4, -0.2) is 24.2 Å². The Morgan fingerprint density at radius 3 is 1.43 bits per heavy atom. The summed E-state index contributed by atoms with van der Waals surface area (Å²) in [4.78, 5) is 20.5. The quantitative estimate of drug-likeness (QED) is 0.201. The molecule has 0 atom stereocenters. The summed E-state index contributed by atoms with van der Waals surface area (Å²) in [5.74, 6) is 0.178. The Morgan fingerprint density at radius 1 is 0.607 bits per heavy atom. The molecule has 3 aromatic carbocycles. The second-order valence-corrected chi connectivity index (χ2v) is 24.0. The predicted molar refractivity (Wildman–Crippen MR) is 123 cm³/mol. The van der Waals surface area contributed by atoms with E-state index < -0.39 is 18.4 Å².